The van der Waals surface area contributed by atoms with Gasteiger partial charge in [0.25, 0.3) is 0 Å². The van der Waals surface area contributed by atoms with E-state index in [4.69, 9.17) is 31.8 Å². The van der Waals surface area contributed by atoms with Gasteiger partial charge in [0.1, 0.15) is 17.2 Å². The van der Waals surface area contributed by atoms with E-state index in [-0.39, 0.29) is 11.9 Å². The predicted octanol–water partition coefficient (Wildman–Crippen LogP) is 4.25. The van der Waals surface area contributed by atoms with E-state index in [9.17, 15) is 0 Å². The molecule has 2 fully saturated rings. The van der Waals surface area contributed by atoms with Crippen LogP contribution in [0.2, 0.25) is 5.02 Å². The third-order valence-corrected chi connectivity index (χ3v) is 6.76. The number of nitrogens with one attached hydrogen (secondary N) is 2. The van der Waals surface area contributed by atoms with Crippen LogP contribution in [0.15, 0.2) is 64.8 Å². The van der Waals surface area contributed by atoms with Crippen molar-refractivity contribution < 1.29 is 9.47 Å². The van der Waals surface area contributed by atoms with Gasteiger partial charge in [-0.05, 0) is 49.6 Å². The van der Waals surface area contributed by atoms with E-state index in [0.717, 1.165) is 25.1 Å². The molecule has 3 aliphatic rings. The van der Waals surface area contributed by atoms with Gasteiger partial charge in [-0.3, -0.25) is 0 Å². The number of anilines is 2. The van der Waals surface area contributed by atoms with Crippen LogP contribution in [-0.2, 0) is 4.74 Å². The highest BCUT2D eigenvalue weighted by molar-refractivity contribution is 6.32. The Morgan fingerprint density at radius 2 is 2.28 bits per heavy atom. The minimum atomic E-state index is 0.266. The molecule has 9 nitrogen and oxygen atoms in total. The number of hydrogen-bond donors (Lipinski definition) is 3. The maximum absolute atomic E-state index is 6.54. The van der Waals surface area contributed by atoms with Crippen LogP contribution in [0.25, 0.3) is 0 Å². The molecule has 0 spiro atoms. The molecule has 1 aromatic carbocycles. The average molecular weight is 508 g/mol. The van der Waals surface area contributed by atoms with Gasteiger partial charge in [-0.2, -0.15) is 0 Å². The van der Waals surface area contributed by atoms with Gasteiger partial charge in [0.2, 0.25) is 5.95 Å². The van der Waals surface area contributed by atoms with E-state index >= 15 is 0 Å². The van der Waals surface area contributed by atoms with E-state index < -0.39 is 0 Å². The Kier molecular flexibility index (Phi) is 6.84. The summed E-state index contributed by atoms with van der Waals surface area (Å²) in [6.07, 6.45) is 9.64. The molecule has 5 rings (SSSR count). The predicted molar refractivity (Wildman–Crippen MR) is 143 cm³/mol. The molecule has 1 saturated heterocycles. The number of amidine groups is 1. The number of nitrogens with zero attached hydrogens (tertiary/aromatic N) is 4. The maximum atomic E-state index is 6.54. The number of aliphatic imine (C=N–C) groups is 1. The molecular weight excluding hydrogens is 478 g/mol. The molecule has 0 bridgehead atoms. The number of dihydropyridines is 1. The first-order valence-electron chi connectivity index (χ1n) is 12.1. The molecular formula is C26H30ClN7O2. The number of hydrogen-bond acceptors (Lipinski definition) is 8. The van der Waals surface area contributed by atoms with Gasteiger partial charge in [0.05, 0.1) is 41.3 Å². The van der Waals surface area contributed by atoms with Crippen molar-refractivity contribution in [2.75, 3.05) is 30.4 Å². The van der Waals surface area contributed by atoms with Crippen molar-refractivity contribution in [1.29, 1.82) is 0 Å². The number of nitrogens with two attached hydrogens (primary N) is 1. The normalized spacial score (nSPS) is 22.4. The number of ether oxygens (including phenoxy) is 2. The highest BCUT2D eigenvalue weighted by Gasteiger charge is 2.47. The Morgan fingerprint density at radius 1 is 1.42 bits per heavy atom. The summed E-state index contributed by atoms with van der Waals surface area (Å²) >= 11 is 6.54. The summed E-state index contributed by atoms with van der Waals surface area (Å²) in [5.41, 5.74) is 10.5. The van der Waals surface area contributed by atoms with Crippen LogP contribution in [0.4, 0.5) is 17.3 Å². The van der Waals surface area contributed by atoms with E-state index in [2.05, 4.69) is 39.4 Å². The lowest BCUT2D eigenvalue weighted by Crippen LogP contribution is -2.38. The van der Waals surface area contributed by atoms with Gasteiger partial charge in [-0.15, -0.1) is 0 Å². The molecule has 4 N–H and O–H groups in total. The standard InChI is InChI=1S/C26H30ClN7O2/c1-4-15(2)19-12-17(7-8-30-19)36-22-6-5-16(11-18(22)27)32-25(28)24-20(29-3)14-31-26(33-24)34-9-10-35-23-13-21(23)34/h5-8,11-12,14,21,23,29-30H,4,9-10,13H2,1-3H3,(H2,28,32). The monoisotopic (exact) mass is 507 g/mol. The minimum absolute atomic E-state index is 0.266. The van der Waals surface area contributed by atoms with Gasteiger partial charge in [-0.25, -0.2) is 15.0 Å². The highest BCUT2D eigenvalue weighted by Crippen LogP contribution is 2.37. The zero-order valence-corrected chi connectivity index (χ0v) is 21.3. The summed E-state index contributed by atoms with van der Waals surface area (Å²) in [4.78, 5) is 16.0. The summed E-state index contributed by atoms with van der Waals surface area (Å²) in [6.45, 7) is 5.63. The van der Waals surface area contributed by atoms with Crippen LogP contribution in [0.1, 0.15) is 32.4 Å². The van der Waals surface area contributed by atoms with Crippen LogP contribution < -0.4 is 26.0 Å². The summed E-state index contributed by atoms with van der Waals surface area (Å²) in [7, 11) is 1.80. The molecule has 10 heteroatoms. The van der Waals surface area contributed by atoms with Crippen molar-refractivity contribution in [3.05, 3.63) is 70.5 Å². The van der Waals surface area contributed by atoms with Crippen LogP contribution in [0, 0.1) is 0 Å². The lowest BCUT2D eigenvalue weighted by atomic mass is 10.1. The van der Waals surface area contributed by atoms with E-state index in [1.165, 1.54) is 5.57 Å². The first-order chi connectivity index (χ1) is 17.5. The molecule has 2 aromatic rings. The summed E-state index contributed by atoms with van der Waals surface area (Å²) in [6, 6.07) is 5.65. The Labute approximate surface area is 215 Å². The highest BCUT2D eigenvalue weighted by atomic mass is 35.5. The second-order valence-electron chi connectivity index (χ2n) is 8.87. The van der Waals surface area contributed by atoms with Crippen molar-refractivity contribution in [3.63, 3.8) is 0 Å². The van der Waals surface area contributed by atoms with Crippen molar-refractivity contribution in [1.82, 2.24) is 15.3 Å². The van der Waals surface area contributed by atoms with Crippen molar-refractivity contribution in [2.45, 2.75) is 38.8 Å². The molecule has 2 aliphatic heterocycles. The number of benzene rings is 1. The molecule has 188 valence electrons. The molecule has 2 atom stereocenters. The second kappa shape index (κ2) is 10.2. The van der Waals surface area contributed by atoms with Gasteiger partial charge >= 0.3 is 0 Å². The topological polar surface area (TPSA) is 110 Å². The lowest BCUT2D eigenvalue weighted by Gasteiger charge is -2.27. The second-order valence-corrected chi connectivity index (χ2v) is 9.28. The van der Waals surface area contributed by atoms with Crippen LogP contribution >= 0.6 is 11.6 Å². The summed E-state index contributed by atoms with van der Waals surface area (Å²) in [5, 5.41) is 6.77. The average Bonchev–Trinajstić information content (AvgIpc) is 3.70. The summed E-state index contributed by atoms with van der Waals surface area (Å²) in [5.74, 6) is 2.13. The Balaban J connectivity index is 1.37. The van der Waals surface area contributed by atoms with Crippen molar-refractivity contribution >= 4 is 34.8 Å². The smallest absolute Gasteiger partial charge is 0.226 e. The van der Waals surface area contributed by atoms with Gasteiger partial charge in [0.15, 0.2) is 5.84 Å². The van der Waals surface area contributed by atoms with Crippen LogP contribution in [0.3, 0.4) is 0 Å². The first-order valence-corrected chi connectivity index (χ1v) is 12.4. The largest absolute Gasteiger partial charge is 0.456 e. The van der Waals surface area contributed by atoms with E-state index in [1.54, 1.807) is 25.4 Å². The number of halogens is 1. The van der Waals surface area contributed by atoms with Gasteiger partial charge < -0.3 is 30.7 Å². The third kappa shape index (κ3) is 5.03. The van der Waals surface area contributed by atoms with Crippen LogP contribution in [0.5, 0.6) is 5.75 Å². The fourth-order valence-electron chi connectivity index (χ4n) is 4.18. The Hall–Kier alpha value is -3.56. The first kappa shape index (κ1) is 24.1. The molecule has 1 aromatic heterocycles. The van der Waals surface area contributed by atoms with E-state index in [1.807, 2.05) is 24.4 Å². The summed E-state index contributed by atoms with van der Waals surface area (Å²) < 4.78 is 11.7. The third-order valence-electron chi connectivity index (χ3n) is 6.47. The fraction of sp³-hybridized carbons (Fsp3) is 0.346. The molecule has 1 saturated carbocycles. The quantitative estimate of drug-likeness (QED) is 0.377. The Bertz CT molecular complexity index is 1290. The molecule has 0 radical (unpaired) electrons. The molecule has 36 heavy (non-hydrogen) atoms. The SMILES string of the molecule is CCC(C)=C1C=C(Oc2ccc(N=C(N)c3nc(N4CCOC5CC54)ncc3NC)cc2Cl)C=CN1. The maximum Gasteiger partial charge on any atom is 0.226 e. The lowest BCUT2D eigenvalue weighted by molar-refractivity contribution is 0.102. The number of rotatable bonds is 7. The number of fused-ring (bicyclic) bond motifs is 1. The molecule has 0 amide bonds. The Morgan fingerprint density at radius 3 is 3.06 bits per heavy atom. The molecule has 3 heterocycles. The van der Waals surface area contributed by atoms with Crippen molar-refractivity contribution in [3.8, 4) is 5.75 Å². The number of morpholine rings is 1. The van der Waals surface area contributed by atoms with E-state index in [0.29, 0.717) is 52.2 Å². The zero-order chi connectivity index (χ0) is 25.2. The van der Waals surface area contributed by atoms with Gasteiger partial charge in [0, 0.05) is 31.6 Å². The number of aromatic nitrogens is 2. The molecule has 1 aliphatic carbocycles. The fourth-order valence-corrected chi connectivity index (χ4v) is 4.39. The van der Waals surface area contributed by atoms with Crippen LogP contribution in [-0.4, -0.2) is 48.1 Å². The zero-order valence-electron chi connectivity index (χ0n) is 20.6. The number of allylic oxidation sites excluding steroid dienone is 3. The van der Waals surface area contributed by atoms with Crippen molar-refractivity contribution in [2.24, 2.45) is 10.7 Å². The molecule has 2 unspecified atom stereocenters. The van der Waals surface area contributed by atoms with Gasteiger partial charge in [-0.1, -0.05) is 18.5 Å². The minimum Gasteiger partial charge on any atom is -0.456 e.